The van der Waals surface area contributed by atoms with Gasteiger partial charge in [-0.15, -0.1) is 0 Å². The van der Waals surface area contributed by atoms with Crippen LogP contribution in [0.15, 0.2) is 48.9 Å². The summed E-state index contributed by atoms with van der Waals surface area (Å²) in [4.78, 5) is 33.1. The van der Waals surface area contributed by atoms with Crippen LogP contribution in [0.3, 0.4) is 0 Å². The monoisotopic (exact) mass is 524 g/mol. The highest BCUT2D eigenvalue weighted by Gasteiger charge is 2.32. The third kappa shape index (κ3) is 5.08. The molecule has 3 amide bonds. The number of hydrogen-bond donors (Lipinski definition) is 4. The average molecular weight is 525 g/mol. The Morgan fingerprint density at radius 2 is 1.95 bits per heavy atom. The van der Waals surface area contributed by atoms with Gasteiger partial charge in [-0.25, -0.2) is 19.3 Å². The van der Waals surface area contributed by atoms with Crippen LogP contribution in [0, 0.1) is 0 Å². The van der Waals surface area contributed by atoms with E-state index in [2.05, 4.69) is 31.0 Å². The first kappa shape index (κ1) is 25.0. The Bertz CT molecular complexity index is 1550. The summed E-state index contributed by atoms with van der Waals surface area (Å²) in [7, 11) is 0. The Hall–Kier alpha value is -4.68. The van der Waals surface area contributed by atoms with Crippen molar-refractivity contribution < 1.29 is 22.8 Å². The molecule has 5 N–H and O–H groups in total. The van der Waals surface area contributed by atoms with Gasteiger partial charge in [-0.2, -0.15) is 18.3 Å². The van der Waals surface area contributed by atoms with E-state index < -0.39 is 17.9 Å². The number of aromatic nitrogens is 4. The fourth-order valence-electron chi connectivity index (χ4n) is 4.09. The van der Waals surface area contributed by atoms with Crippen molar-refractivity contribution in [2.24, 2.45) is 0 Å². The van der Waals surface area contributed by atoms with Gasteiger partial charge in [0.1, 0.15) is 23.4 Å². The summed E-state index contributed by atoms with van der Waals surface area (Å²) in [6.45, 7) is 1.88. The molecule has 1 aromatic carbocycles. The van der Waals surface area contributed by atoms with Gasteiger partial charge >= 0.3 is 12.2 Å². The number of alkyl halides is 3. The van der Waals surface area contributed by atoms with Gasteiger partial charge in [0.05, 0.1) is 5.56 Å². The highest BCUT2D eigenvalue weighted by atomic mass is 19.4. The zero-order valence-electron chi connectivity index (χ0n) is 20.1. The summed E-state index contributed by atoms with van der Waals surface area (Å²) in [5.74, 6) is -0.289. The lowest BCUT2D eigenvalue weighted by molar-refractivity contribution is -0.141. The van der Waals surface area contributed by atoms with Crippen molar-refractivity contribution in [2.45, 2.75) is 38.4 Å². The van der Waals surface area contributed by atoms with Crippen LogP contribution >= 0.6 is 0 Å². The molecule has 1 aliphatic rings. The van der Waals surface area contributed by atoms with Crippen molar-refractivity contribution in [1.29, 1.82) is 0 Å². The molecule has 0 unspecified atom stereocenters. The van der Waals surface area contributed by atoms with Gasteiger partial charge in [0.15, 0.2) is 5.82 Å². The Morgan fingerprint density at radius 1 is 1.16 bits per heavy atom. The quantitative estimate of drug-likeness (QED) is 0.293. The molecule has 0 radical (unpaired) electrons. The molecule has 3 heterocycles. The number of nitrogen functional groups attached to an aromatic ring is 1. The van der Waals surface area contributed by atoms with E-state index in [1.165, 1.54) is 16.9 Å². The summed E-state index contributed by atoms with van der Waals surface area (Å²) in [5, 5.41) is 12.2. The summed E-state index contributed by atoms with van der Waals surface area (Å²) >= 11 is 0. The Balaban J connectivity index is 1.45. The van der Waals surface area contributed by atoms with Crippen molar-refractivity contribution in [1.82, 2.24) is 24.9 Å². The van der Waals surface area contributed by atoms with Crippen LogP contribution in [0.4, 0.5) is 35.3 Å². The van der Waals surface area contributed by atoms with Crippen LogP contribution in [0.2, 0.25) is 0 Å². The highest BCUT2D eigenvalue weighted by Crippen LogP contribution is 2.35. The molecule has 0 spiro atoms. The molecule has 1 saturated carbocycles. The largest absolute Gasteiger partial charge is 0.433 e. The number of nitrogens with one attached hydrogen (secondary N) is 3. The van der Waals surface area contributed by atoms with Crippen molar-refractivity contribution in [3.8, 4) is 11.1 Å². The first-order valence-corrected chi connectivity index (χ1v) is 11.8. The predicted molar refractivity (Wildman–Crippen MR) is 135 cm³/mol. The Kier molecular flexibility index (Phi) is 6.35. The molecule has 0 aliphatic heterocycles. The average Bonchev–Trinajstić information content (AvgIpc) is 3.60. The molecule has 10 nitrogen and oxygen atoms in total. The Labute approximate surface area is 214 Å². The molecular weight excluding hydrogens is 501 g/mol. The van der Waals surface area contributed by atoms with E-state index in [0.717, 1.165) is 30.5 Å². The van der Waals surface area contributed by atoms with E-state index in [1.807, 2.05) is 13.0 Å². The number of nitrogens with two attached hydrogens (primary N) is 1. The van der Waals surface area contributed by atoms with Gasteiger partial charge in [0.25, 0.3) is 5.91 Å². The molecule has 0 bridgehead atoms. The van der Waals surface area contributed by atoms with E-state index in [-0.39, 0.29) is 23.6 Å². The summed E-state index contributed by atoms with van der Waals surface area (Å²) in [6.07, 6.45) is 0.631. The van der Waals surface area contributed by atoms with E-state index in [1.54, 1.807) is 18.3 Å². The molecule has 196 valence electrons. The van der Waals surface area contributed by atoms with Crippen molar-refractivity contribution >= 4 is 34.8 Å². The number of carbonyl (C=O) groups excluding carboxylic acids is 2. The number of anilines is 3. The van der Waals surface area contributed by atoms with Crippen molar-refractivity contribution in [2.75, 3.05) is 16.4 Å². The second kappa shape index (κ2) is 9.65. The van der Waals surface area contributed by atoms with Crippen LogP contribution in [-0.4, -0.2) is 37.6 Å². The predicted octanol–water partition coefficient (Wildman–Crippen LogP) is 4.49. The van der Waals surface area contributed by atoms with Gasteiger partial charge in [-0.05, 0) is 54.7 Å². The number of halogens is 3. The van der Waals surface area contributed by atoms with E-state index >= 15 is 0 Å². The van der Waals surface area contributed by atoms with Crippen LogP contribution in [0.5, 0.6) is 0 Å². The maximum atomic E-state index is 13.0. The molecule has 3 aromatic heterocycles. The SMILES string of the molecule is CCc1cc(-c2c(C(=O)NC3CC3)cn3ncnc(N)c23)ccc1NC(=O)Nc1cccc(C(F)(F)F)n1. The van der Waals surface area contributed by atoms with E-state index in [0.29, 0.717) is 34.3 Å². The fraction of sp³-hybridized carbons (Fsp3) is 0.240. The minimum Gasteiger partial charge on any atom is -0.382 e. The fourth-order valence-corrected chi connectivity index (χ4v) is 4.09. The number of nitrogens with zero attached hydrogens (tertiary/aromatic N) is 4. The number of aryl methyl sites for hydroxylation is 1. The maximum absolute atomic E-state index is 13.0. The molecule has 5 rings (SSSR count). The highest BCUT2D eigenvalue weighted by molar-refractivity contribution is 6.07. The molecule has 0 atom stereocenters. The number of carbonyl (C=O) groups is 2. The normalized spacial score (nSPS) is 13.4. The van der Waals surface area contributed by atoms with Gasteiger partial charge in [0, 0.05) is 23.5 Å². The molecule has 1 aliphatic carbocycles. The third-order valence-corrected chi connectivity index (χ3v) is 6.06. The van der Waals surface area contributed by atoms with Gasteiger partial charge in [0.2, 0.25) is 0 Å². The maximum Gasteiger partial charge on any atom is 0.433 e. The lowest BCUT2D eigenvalue weighted by atomic mass is 9.98. The van der Waals surface area contributed by atoms with Crippen molar-refractivity contribution in [3.05, 3.63) is 65.7 Å². The first-order chi connectivity index (χ1) is 18.1. The summed E-state index contributed by atoms with van der Waals surface area (Å²) in [5.41, 5.74) is 8.29. The molecular formula is C25H23F3N8O2. The summed E-state index contributed by atoms with van der Waals surface area (Å²) in [6, 6.07) is 7.81. The van der Waals surface area contributed by atoms with Gasteiger partial charge in [-0.1, -0.05) is 19.1 Å². The molecule has 38 heavy (non-hydrogen) atoms. The van der Waals surface area contributed by atoms with E-state index in [4.69, 9.17) is 5.73 Å². The number of amides is 3. The number of pyridine rings is 1. The third-order valence-electron chi connectivity index (χ3n) is 6.06. The zero-order valence-corrected chi connectivity index (χ0v) is 20.1. The van der Waals surface area contributed by atoms with Gasteiger partial charge in [-0.3, -0.25) is 10.1 Å². The molecule has 1 fully saturated rings. The van der Waals surface area contributed by atoms with Gasteiger partial charge < -0.3 is 16.4 Å². The smallest absolute Gasteiger partial charge is 0.382 e. The van der Waals surface area contributed by atoms with Crippen LogP contribution in [0.25, 0.3) is 16.6 Å². The van der Waals surface area contributed by atoms with Crippen LogP contribution < -0.4 is 21.7 Å². The van der Waals surface area contributed by atoms with Crippen molar-refractivity contribution in [3.63, 3.8) is 0 Å². The number of fused-ring (bicyclic) bond motifs is 1. The molecule has 0 saturated heterocycles. The second-order valence-corrected chi connectivity index (χ2v) is 8.81. The number of rotatable bonds is 6. The minimum atomic E-state index is -4.63. The Morgan fingerprint density at radius 3 is 2.66 bits per heavy atom. The summed E-state index contributed by atoms with van der Waals surface area (Å²) < 4.78 is 40.3. The second-order valence-electron chi connectivity index (χ2n) is 8.81. The number of hydrogen-bond acceptors (Lipinski definition) is 6. The number of urea groups is 1. The molecule has 4 aromatic rings. The standard InChI is InChI=1S/C25H23F3N8O2/c1-2-13-10-14(6-9-17(13)33-24(38)35-19-5-3-4-18(34-19)25(26,27)28)20-16(23(37)32-15-7-8-15)11-36-21(20)22(29)30-12-31-36/h3-6,9-12,15H,2,7-8H2,1H3,(H,32,37)(H2,29,30,31)(H2,33,34,35,38). The van der Waals surface area contributed by atoms with E-state index in [9.17, 15) is 22.8 Å². The number of benzene rings is 1. The molecule has 13 heteroatoms. The first-order valence-electron chi connectivity index (χ1n) is 11.8. The van der Waals surface area contributed by atoms with Crippen LogP contribution in [0.1, 0.15) is 41.4 Å². The lowest BCUT2D eigenvalue weighted by Gasteiger charge is -2.14. The lowest BCUT2D eigenvalue weighted by Crippen LogP contribution is -2.25. The van der Waals surface area contributed by atoms with Crippen LogP contribution in [-0.2, 0) is 12.6 Å². The zero-order chi connectivity index (χ0) is 27.0. The topological polar surface area (TPSA) is 139 Å². The minimum absolute atomic E-state index is 0.143.